The average molecular weight is 395 g/mol. The fraction of sp³-hybridized carbons (Fsp3) is 0. The Kier molecular flexibility index (Phi) is 5.99. The Morgan fingerprint density at radius 3 is 2.28 bits per heavy atom. The van der Waals surface area contributed by atoms with Crippen LogP contribution in [0, 0.1) is 11.6 Å². The number of aliphatic carboxylic acids is 1. The molecule has 0 fully saturated rings. The minimum atomic E-state index is -1.31. The number of hydrogen-bond acceptors (Lipinski definition) is 3. The Balaban J connectivity index is 1.76. The molecule has 0 aliphatic rings. The molecule has 0 bridgehead atoms. The second kappa shape index (κ2) is 8.79. The van der Waals surface area contributed by atoms with Gasteiger partial charge in [-0.2, -0.15) is 0 Å². The summed E-state index contributed by atoms with van der Waals surface area (Å²) in [6.07, 6.45) is 1.27. The lowest BCUT2D eigenvalue weighted by atomic mass is 10.1. The summed E-state index contributed by atoms with van der Waals surface area (Å²) in [7, 11) is 0. The highest BCUT2D eigenvalue weighted by atomic mass is 19.1. The molecule has 0 atom stereocenters. The molecule has 0 spiro atoms. The fourth-order valence-electron chi connectivity index (χ4n) is 2.42. The highest BCUT2D eigenvalue weighted by molar-refractivity contribution is 6.02. The summed E-state index contributed by atoms with van der Waals surface area (Å²) in [5, 5.41) is 11.7. The van der Waals surface area contributed by atoms with Crippen molar-refractivity contribution in [2.45, 2.75) is 0 Å². The molecular formula is C22H15F2NO4. The van der Waals surface area contributed by atoms with Gasteiger partial charge in [0, 0.05) is 11.6 Å². The summed E-state index contributed by atoms with van der Waals surface area (Å²) in [5.74, 6) is -3.25. The minimum Gasteiger partial charge on any atom is -0.477 e. The van der Waals surface area contributed by atoms with E-state index in [1.165, 1.54) is 30.3 Å². The normalized spacial score (nSPS) is 11.0. The molecule has 2 N–H and O–H groups in total. The predicted molar refractivity (Wildman–Crippen MR) is 102 cm³/mol. The van der Waals surface area contributed by atoms with Crippen molar-refractivity contribution in [2.24, 2.45) is 0 Å². The van der Waals surface area contributed by atoms with E-state index in [1.54, 1.807) is 30.3 Å². The molecule has 0 unspecified atom stereocenters. The molecule has 1 amide bonds. The molecule has 0 radical (unpaired) electrons. The van der Waals surface area contributed by atoms with Crippen LogP contribution in [0.5, 0.6) is 11.5 Å². The van der Waals surface area contributed by atoms with Gasteiger partial charge in [-0.15, -0.1) is 0 Å². The number of carboxylic acid groups (broad SMARTS) is 1. The highest BCUT2D eigenvalue weighted by Gasteiger charge is 2.13. The Morgan fingerprint density at radius 1 is 0.931 bits per heavy atom. The summed E-state index contributed by atoms with van der Waals surface area (Å²) >= 11 is 0. The van der Waals surface area contributed by atoms with Gasteiger partial charge in [-0.1, -0.05) is 30.3 Å². The number of carbonyl (C=O) groups is 2. The maximum absolute atomic E-state index is 13.7. The molecule has 5 nitrogen and oxygen atoms in total. The molecule has 0 aromatic heterocycles. The molecule has 3 rings (SSSR count). The summed E-state index contributed by atoms with van der Waals surface area (Å²) in [6.45, 7) is 0. The first-order valence-electron chi connectivity index (χ1n) is 8.47. The van der Waals surface area contributed by atoms with Crippen molar-refractivity contribution in [1.29, 1.82) is 0 Å². The van der Waals surface area contributed by atoms with Gasteiger partial charge in [-0.3, -0.25) is 4.79 Å². The van der Waals surface area contributed by atoms with E-state index in [2.05, 4.69) is 5.32 Å². The average Bonchev–Trinajstić information content (AvgIpc) is 2.72. The molecular weight excluding hydrogens is 380 g/mol. The van der Waals surface area contributed by atoms with Crippen LogP contribution in [0.2, 0.25) is 0 Å². The quantitative estimate of drug-likeness (QED) is 0.598. The van der Waals surface area contributed by atoms with Gasteiger partial charge in [-0.05, 0) is 48.0 Å². The van der Waals surface area contributed by atoms with Gasteiger partial charge in [0.15, 0.2) is 11.6 Å². The molecule has 0 saturated carbocycles. The van der Waals surface area contributed by atoms with Crippen LogP contribution in [0.3, 0.4) is 0 Å². The highest BCUT2D eigenvalue weighted by Crippen LogP contribution is 2.25. The molecule has 0 heterocycles. The largest absolute Gasteiger partial charge is 0.477 e. The maximum atomic E-state index is 13.7. The number of amides is 1. The number of halogens is 2. The van der Waals surface area contributed by atoms with Crippen LogP contribution in [-0.2, 0) is 4.79 Å². The second-order valence-corrected chi connectivity index (χ2v) is 5.93. The predicted octanol–water partition coefficient (Wildman–Crippen LogP) is 4.61. The summed E-state index contributed by atoms with van der Waals surface area (Å²) in [5.41, 5.74) is 0.465. The van der Waals surface area contributed by atoms with Crippen molar-refractivity contribution in [2.75, 3.05) is 0 Å². The number of hydrogen-bond donors (Lipinski definition) is 2. The monoisotopic (exact) mass is 395 g/mol. The molecule has 29 heavy (non-hydrogen) atoms. The first-order valence-corrected chi connectivity index (χ1v) is 8.47. The van der Waals surface area contributed by atoms with Gasteiger partial charge >= 0.3 is 5.97 Å². The zero-order valence-corrected chi connectivity index (χ0v) is 14.9. The topological polar surface area (TPSA) is 75.6 Å². The Bertz CT molecular complexity index is 1060. The molecule has 146 valence electrons. The van der Waals surface area contributed by atoms with Crippen molar-refractivity contribution in [3.63, 3.8) is 0 Å². The minimum absolute atomic E-state index is 0.233. The number of nitrogens with one attached hydrogen (secondary N) is 1. The van der Waals surface area contributed by atoms with Crippen LogP contribution in [0.1, 0.15) is 15.9 Å². The SMILES string of the molecule is O=C(O)/C(=C\c1ccc(Oc2cc(F)ccc2F)cc1)NC(=O)c1ccccc1. The number of rotatable bonds is 6. The Morgan fingerprint density at radius 2 is 1.62 bits per heavy atom. The van der Waals surface area contributed by atoms with Crippen molar-refractivity contribution in [3.8, 4) is 11.5 Å². The van der Waals surface area contributed by atoms with Gasteiger partial charge in [0.25, 0.3) is 5.91 Å². The van der Waals surface area contributed by atoms with E-state index in [1.807, 2.05) is 0 Å². The molecule has 0 aliphatic carbocycles. The van der Waals surface area contributed by atoms with Crippen LogP contribution in [0.15, 0.2) is 78.5 Å². The van der Waals surface area contributed by atoms with Crippen LogP contribution in [0.4, 0.5) is 8.78 Å². The maximum Gasteiger partial charge on any atom is 0.352 e. The third kappa shape index (κ3) is 5.26. The van der Waals surface area contributed by atoms with E-state index >= 15 is 0 Å². The number of benzene rings is 3. The standard InChI is InChI=1S/C22H15F2NO4/c23-16-8-11-18(24)20(13-16)29-17-9-6-14(7-10-17)12-19(22(27)28)25-21(26)15-4-2-1-3-5-15/h1-13H,(H,25,26)(H,27,28)/b19-12+. The first-order chi connectivity index (χ1) is 13.9. The van der Waals surface area contributed by atoms with Crippen LogP contribution in [-0.4, -0.2) is 17.0 Å². The van der Waals surface area contributed by atoms with Crippen molar-refractivity contribution in [3.05, 3.63) is 101 Å². The third-order valence-corrected chi connectivity index (χ3v) is 3.83. The lowest BCUT2D eigenvalue weighted by Crippen LogP contribution is -2.27. The van der Waals surface area contributed by atoms with E-state index < -0.39 is 23.5 Å². The Hall–Kier alpha value is -4.00. The first kappa shape index (κ1) is 19.8. The molecule has 0 saturated heterocycles. The molecule has 0 aliphatic heterocycles. The molecule has 3 aromatic carbocycles. The van der Waals surface area contributed by atoms with Gasteiger partial charge in [0.1, 0.15) is 17.3 Å². The van der Waals surface area contributed by atoms with Gasteiger partial charge in [0.2, 0.25) is 0 Å². The zero-order chi connectivity index (χ0) is 20.8. The van der Waals surface area contributed by atoms with Crippen LogP contribution in [0.25, 0.3) is 6.08 Å². The van der Waals surface area contributed by atoms with Crippen LogP contribution < -0.4 is 10.1 Å². The van der Waals surface area contributed by atoms with E-state index in [0.717, 1.165) is 18.2 Å². The van der Waals surface area contributed by atoms with Crippen molar-refractivity contribution in [1.82, 2.24) is 5.32 Å². The zero-order valence-electron chi connectivity index (χ0n) is 14.9. The third-order valence-electron chi connectivity index (χ3n) is 3.83. The van der Waals surface area contributed by atoms with E-state index in [0.29, 0.717) is 11.1 Å². The van der Waals surface area contributed by atoms with Crippen molar-refractivity contribution < 1.29 is 28.2 Å². The molecule has 7 heteroatoms. The van der Waals surface area contributed by atoms with Crippen LogP contribution >= 0.6 is 0 Å². The lowest BCUT2D eigenvalue weighted by Gasteiger charge is -2.08. The van der Waals surface area contributed by atoms with E-state index in [9.17, 15) is 23.5 Å². The number of carboxylic acids is 1. The Labute approximate surface area is 164 Å². The number of ether oxygens (including phenoxy) is 1. The summed E-state index contributed by atoms with van der Waals surface area (Å²) in [4.78, 5) is 23.6. The lowest BCUT2D eigenvalue weighted by molar-refractivity contribution is -0.132. The smallest absolute Gasteiger partial charge is 0.352 e. The van der Waals surface area contributed by atoms with Gasteiger partial charge < -0.3 is 15.2 Å². The number of carbonyl (C=O) groups excluding carboxylic acids is 1. The second-order valence-electron chi connectivity index (χ2n) is 5.93. The molecule has 3 aromatic rings. The summed E-state index contributed by atoms with van der Waals surface area (Å²) in [6, 6.07) is 17.0. The fourth-order valence-corrected chi connectivity index (χ4v) is 2.42. The van der Waals surface area contributed by atoms with E-state index in [4.69, 9.17) is 4.74 Å². The van der Waals surface area contributed by atoms with Gasteiger partial charge in [0.05, 0.1) is 0 Å². The van der Waals surface area contributed by atoms with Crippen molar-refractivity contribution >= 4 is 18.0 Å². The van der Waals surface area contributed by atoms with E-state index in [-0.39, 0.29) is 17.2 Å². The van der Waals surface area contributed by atoms with Gasteiger partial charge in [-0.25, -0.2) is 13.6 Å². The summed E-state index contributed by atoms with van der Waals surface area (Å²) < 4.78 is 32.2.